The van der Waals surface area contributed by atoms with Gasteiger partial charge in [0, 0.05) is 17.7 Å². The van der Waals surface area contributed by atoms with Crippen molar-refractivity contribution in [3.63, 3.8) is 0 Å². The summed E-state index contributed by atoms with van der Waals surface area (Å²) in [5.41, 5.74) is 10.9. The monoisotopic (exact) mass is 490 g/mol. The largest absolute Gasteiger partial charge is 0.383 e. The van der Waals surface area contributed by atoms with Crippen molar-refractivity contribution in [1.29, 1.82) is 0 Å². The van der Waals surface area contributed by atoms with E-state index in [1.807, 2.05) is 65.2 Å². The number of carbonyl (C=O) groups is 1. The lowest BCUT2D eigenvalue weighted by Crippen LogP contribution is -2.34. The van der Waals surface area contributed by atoms with Crippen molar-refractivity contribution in [2.24, 2.45) is 5.92 Å². The number of carbonyl (C=O) groups excluding carboxylic acids is 1. The Morgan fingerprint density at radius 2 is 1.78 bits per heavy atom. The summed E-state index contributed by atoms with van der Waals surface area (Å²) in [4.78, 5) is 31.3. The highest BCUT2D eigenvalue weighted by Gasteiger charge is 2.22. The third-order valence-corrected chi connectivity index (χ3v) is 6.62. The maximum Gasteiger partial charge on any atom is 0.228 e. The number of pyridine rings is 3. The van der Waals surface area contributed by atoms with E-state index in [-0.39, 0.29) is 11.8 Å². The highest BCUT2D eigenvalue weighted by atomic mass is 16.1. The molecule has 0 saturated carbocycles. The molecule has 0 atom stereocenters. The molecule has 0 spiro atoms. The van der Waals surface area contributed by atoms with E-state index in [4.69, 9.17) is 15.7 Å². The average molecular weight is 491 g/mol. The number of hydrogen-bond acceptors (Lipinski definition) is 7. The SMILES string of the molecule is Nc1ncccc1-c1nc2ccc(-c3ccccc3)nc2n1-c1ccc(NC(=O)C2CCNCC2)nc1. The van der Waals surface area contributed by atoms with Crippen LogP contribution < -0.4 is 16.4 Å². The van der Waals surface area contributed by atoms with Crippen LogP contribution >= 0.6 is 0 Å². The molecule has 0 radical (unpaired) electrons. The number of nitrogens with one attached hydrogen (secondary N) is 2. The second-order valence-electron chi connectivity index (χ2n) is 9.03. The van der Waals surface area contributed by atoms with Crippen LogP contribution in [0.3, 0.4) is 0 Å². The number of benzene rings is 1. The fraction of sp³-hybridized carbons (Fsp3) is 0.179. The molecule has 0 aliphatic carbocycles. The lowest BCUT2D eigenvalue weighted by Gasteiger charge is -2.21. The molecular formula is C28H26N8O. The van der Waals surface area contributed by atoms with Gasteiger partial charge in [0.15, 0.2) is 11.5 Å². The first-order valence-corrected chi connectivity index (χ1v) is 12.3. The van der Waals surface area contributed by atoms with Crippen molar-refractivity contribution in [3.05, 3.63) is 79.1 Å². The third-order valence-electron chi connectivity index (χ3n) is 6.62. The van der Waals surface area contributed by atoms with Crippen molar-refractivity contribution in [2.45, 2.75) is 12.8 Å². The van der Waals surface area contributed by atoms with E-state index in [1.54, 1.807) is 18.5 Å². The summed E-state index contributed by atoms with van der Waals surface area (Å²) in [6, 6.07) is 21.3. The highest BCUT2D eigenvalue weighted by Crippen LogP contribution is 2.31. The first-order valence-electron chi connectivity index (χ1n) is 12.3. The Bertz CT molecular complexity index is 1560. The van der Waals surface area contributed by atoms with Gasteiger partial charge in [0.05, 0.1) is 23.1 Å². The minimum absolute atomic E-state index is 0.00100. The fourth-order valence-corrected chi connectivity index (χ4v) is 4.66. The molecule has 4 aromatic heterocycles. The van der Waals surface area contributed by atoms with Crippen LogP contribution in [-0.4, -0.2) is 43.5 Å². The lowest BCUT2D eigenvalue weighted by atomic mass is 9.97. The number of nitrogens with two attached hydrogens (primary N) is 1. The molecule has 4 N–H and O–H groups in total. The van der Waals surface area contributed by atoms with Crippen molar-refractivity contribution >= 4 is 28.7 Å². The van der Waals surface area contributed by atoms with E-state index >= 15 is 0 Å². The van der Waals surface area contributed by atoms with Crippen LogP contribution in [0.25, 0.3) is 39.5 Å². The van der Waals surface area contributed by atoms with Crippen LogP contribution in [0.2, 0.25) is 0 Å². The molecular weight excluding hydrogens is 464 g/mol. The zero-order valence-electron chi connectivity index (χ0n) is 20.1. The smallest absolute Gasteiger partial charge is 0.228 e. The van der Waals surface area contributed by atoms with E-state index in [1.165, 1.54) is 0 Å². The van der Waals surface area contributed by atoms with Crippen LogP contribution in [0.5, 0.6) is 0 Å². The van der Waals surface area contributed by atoms with E-state index < -0.39 is 0 Å². The number of piperidine rings is 1. The Kier molecular flexibility index (Phi) is 6.03. The molecule has 0 bridgehead atoms. The van der Waals surface area contributed by atoms with Gasteiger partial charge in [-0.1, -0.05) is 30.3 Å². The first-order chi connectivity index (χ1) is 18.2. The van der Waals surface area contributed by atoms with E-state index in [9.17, 15) is 4.79 Å². The fourth-order valence-electron chi connectivity index (χ4n) is 4.66. The number of nitrogen functional groups attached to an aromatic ring is 1. The van der Waals surface area contributed by atoms with Crippen molar-refractivity contribution in [2.75, 3.05) is 24.1 Å². The molecule has 1 aliphatic rings. The first kappa shape index (κ1) is 22.8. The predicted octanol–water partition coefficient (Wildman–Crippen LogP) is 4.06. The summed E-state index contributed by atoms with van der Waals surface area (Å²) in [5, 5.41) is 6.24. The molecule has 6 rings (SSSR count). The van der Waals surface area contributed by atoms with Gasteiger partial charge in [-0.15, -0.1) is 0 Å². The molecule has 0 unspecified atom stereocenters. The molecule has 1 aliphatic heterocycles. The van der Waals surface area contributed by atoms with Crippen LogP contribution in [0.1, 0.15) is 12.8 Å². The number of fused-ring (bicyclic) bond motifs is 1. The van der Waals surface area contributed by atoms with Crippen molar-refractivity contribution < 1.29 is 4.79 Å². The normalized spacial score (nSPS) is 14.1. The summed E-state index contributed by atoms with van der Waals surface area (Å²) in [6.07, 6.45) is 5.03. The van der Waals surface area contributed by atoms with E-state index in [0.717, 1.165) is 48.4 Å². The van der Waals surface area contributed by atoms with Crippen LogP contribution in [0.4, 0.5) is 11.6 Å². The number of nitrogens with zero attached hydrogens (tertiary/aromatic N) is 5. The van der Waals surface area contributed by atoms with Crippen molar-refractivity contribution in [3.8, 4) is 28.3 Å². The summed E-state index contributed by atoms with van der Waals surface area (Å²) in [7, 11) is 0. The lowest BCUT2D eigenvalue weighted by molar-refractivity contribution is -0.120. The number of anilines is 2. The standard InChI is InChI=1S/C28H26N8O/c29-25-21(7-4-14-31-25)26-34-23-10-9-22(18-5-2-1-3-6-18)33-27(23)36(26)20-8-11-24(32-17-20)35-28(37)19-12-15-30-16-13-19/h1-11,14,17,19,30H,12-13,15-16H2,(H2,29,31)(H,32,35,37). The number of aromatic nitrogens is 5. The third kappa shape index (κ3) is 4.52. The molecule has 1 saturated heterocycles. The molecule has 1 fully saturated rings. The Morgan fingerprint density at radius 1 is 0.946 bits per heavy atom. The van der Waals surface area contributed by atoms with Gasteiger partial charge in [0.2, 0.25) is 5.91 Å². The van der Waals surface area contributed by atoms with E-state index in [0.29, 0.717) is 28.7 Å². The van der Waals surface area contributed by atoms with Gasteiger partial charge in [-0.2, -0.15) is 0 Å². The van der Waals surface area contributed by atoms with Gasteiger partial charge in [-0.25, -0.2) is 19.9 Å². The predicted molar refractivity (Wildman–Crippen MR) is 144 cm³/mol. The van der Waals surface area contributed by atoms with E-state index in [2.05, 4.69) is 20.6 Å². The molecule has 1 amide bonds. The number of hydrogen-bond donors (Lipinski definition) is 3. The number of amides is 1. The maximum atomic E-state index is 12.7. The minimum atomic E-state index is 0.00100. The second-order valence-corrected chi connectivity index (χ2v) is 9.03. The summed E-state index contributed by atoms with van der Waals surface area (Å²) in [6.45, 7) is 1.72. The van der Waals surface area contributed by atoms with Gasteiger partial charge < -0.3 is 16.4 Å². The molecule has 5 aromatic rings. The highest BCUT2D eigenvalue weighted by molar-refractivity contribution is 5.92. The number of rotatable bonds is 5. The van der Waals surface area contributed by atoms with Gasteiger partial charge in [-0.3, -0.25) is 9.36 Å². The Hall–Kier alpha value is -4.63. The molecule has 9 heteroatoms. The zero-order chi connectivity index (χ0) is 25.2. The quantitative estimate of drug-likeness (QED) is 0.339. The topological polar surface area (TPSA) is 124 Å². The van der Waals surface area contributed by atoms with Crippen molar-refractivity contribution in [1.82, 2.24) is 29.8 Å². The molecule has 1 aromatic carbocycles. The molecule has 5 heterocycles. The molecule has 184 valence electrons. The molecule has 37 heavy (non-hydrogen) atoms. The van der Waals surface area contributed by atoms with Gasteiger partial charge in [0.25, 0.3) is 0 Å². The van der Waals surface area contributed by atoms with Crippen LogP contribution in [-0.2, 0) is 4.79 Å². The Morgan fingerprint density at radius 3 is 2.54 bits per heavy atom. The van der Waals surface area contributed by atoms with Gasteiger partial charge in [0.1, 0.15) is 17.2 Å². The van der Waals surface area contributed by atoms with Gasteiger partial charge >= 0.3 is 0 Å². The maximum absolute atomic E-state index is 12.7. The summed E-state index contributed by atoms with van der Waals surface area (Å²) in [5.74, 6) is 1.51. The Balaban J connectivity index is 1.42. The minimum Gasteiger partial charge on any atom is -0.383 e. The van der Waals surface area contributed by atoms with Crippen LogP contribution in [0, 0.1) is 5.92 Å². The van der Waals surface area contributed by atoms with Gasteiger partial charge in [-0.05, 0) is 62.3 Å². The number of imidazole rings is 1. The summed E-state index contributed by atoms with van der Waals surface area (Å²) >= 11 is 0. The Labute approximate surface area is 213 Å². The second kappa shape index (κ2) is 9.79. The average Bonchev–Trinajstić information content (AvgIpc) is 3.33. The molecule has 9 nitrogen and oxygen atoms in total. The van der Waals surface area contributed by atoms with Crippen LogP contribution in [0.15, 0.2) is 79.1 Å². The summed E-state index contributed by atoms with van der Waals surface area (Å²) < 4.78 is 1.93. The zero-order valence-corrected chi connectivity index (χ0v) is 20.1.